The first-order valence-corrected chi connectivity index (χ1v) is 5.38. The Balaban J connectivity index is 5.45. The van der Waals surface area contributed by atoms with Crippen molar-refractivity contribution >= 4 is 20.0 Å². The van der Waals surface area contributed by atoms with Crippen LogP contribution in [0.15, 0.2) is 0 Å². The summed E-state index contributed by atoms with van der Waals surface area (Å²) in [5.74, 6) is 0. The van der Waals surface area contributed by atoms with Crippen molar-refractivity contribution in [2.75, 3.05) is 6.26 Å². The summed E-state index contributed by atoms with van der Waals surface area (Å²) in [6.45, 7) is 0. The zero-order valence-electron chi connectivity index (χ0n) is 5.15. The summed E-state index contributed by atoms with van der Waals surface area (Å²) >= 11 is 0. The molecule has 0 fully saturated rings. The molecule has 0 spiro atoms. The molecule has 0 bridgehead atoms. The van der Waals surface area contributed by atoms with Gasteiger partial charge in [-0.3, -0.25) is 4.55 Å². The van der Waals surface area contributed by atoms with E-state index in [4.69, 9.17) is 4.55 Å². The number of hydrogen-bond acceptors (Lipinski definition) is 4. The average molecular weight is 210 g/mol. The molecule has 68 valence electrons. The Hall–Kier alpha value is -0.280. The van der Waals surface area contributed by atoms with Crippen molar-refractivity contribution in [3.63, 3.8) is 0 Å². The first-order chi connectivity index (χ1) is 4.50. The summed E-state index contributed by atoms with van der Waals surface area (Å²) in [4.78, 5) is 0. The summed E-state index contributed by atoms with van der Waals surface area (Å²) in [6.07, 6.45) is 0.000764. The van der Waals surface area contributed by atoms with E-state index in [1.165, 1.54) is 0 Å². The molecular weight excluding hydrogens is 206 g/mol. The topological polar surface area (TPSA) is 88.5 Å². The summed E-state index contributed by atoms with van der Waals surface area (Å²) in [5.41, 5.74) is 0. The van der Waals surface area contributed by atoms with Crippen LogP contribution in [0.4, 0.5) is 8.78 Å². The van der Waals surface area contributed by atoms with Crippen LogP contribution in [0.1, 0.15) is 0 Å². The van der Waals surface area contributed by atoms with Crippen LogP contribution in [-0.2, 0) is 20.0 Å². The highest BCUT2D eigenvalue weighted by molar-refractivity contribution is 8.07. The third-order valence-corrected chi connectivity index (χ3v) is 3.74. The molecule has 0 saturated heterocycles. The molecule has 0 heterocycles. The van der Waals surface area contributed by atoms with Gasteiger partial charge in [-0.25, -0.2) is 8.42 Å². The fourth-order valence-corrected chi connectivity index (χ4v) is 1.72. The smallest absolute Gasteiger partial charge is 0.280 e. The molecule has 0 saturated carbocycles. The molecule has 0 aromatic carbocycles. The predicted octanol–water partition coefficient (Wildman–Crippen LogP) is -0.531. The van der Waals surface area contributed by atoms with Crippen LogP contribution in [0.2, 0.25) is 0 Å². The van der Waals surface area contributed by atoms with Crippen LogP contribution in [0, 0.1) is 0 Å². The Morgan fingerprint density at radius 2 is 1.45 bits per heavy atom. The van der Waals surface area contributed by atoms with Crippen molar-refractivity contribution in [1.82, 2.24) is 0 Å². The lowest BCUT2D eigenvalue weighted by Crippen LogP contribution is -2.36. The standard InChI is InChI=1S/C2H4F2O5S2/c1-10(5,6)2(3,4)11(7,8)9/h1H3,(H,7,8,9). The van der Waals surface area contributed by atoms with E-state index >= 15 is 0 Å². The van der Waals surface area contributed by atoms with E-state index in [9.17, 15) is 25.6 Å². The largest absolute Gasteiger partial charge is 0.470 e. The Labute approximate surface area is 61.7 Å². The fraction of sp³-hybridized carbons (Fsp3) is 1.00. The maximum atomic E-state index is 12.0. The van der Waals surface area contributed by atoms with Crippen molar-refractivity contribution in [3.8, 4) is 0 Å². The van der Waals surface area contributed by atoms with Gasteiger partial charge in [0, 0.05) is 6.26 Å². The average Bonchev–Trinajstić information content (AvgIpc) is 1.58. The lowest BCUT2D eigenvalue weighted by atomic mass is 11.6. The highest BCUT2D eigenvalue weighted by atomic mass is 32.3. The maximum absolute atomic E-state index is 12.0. The molecule has 0 aromatic heterocycles. The quantitative estimate of drug-likeness (QED) is 0.619. The van der Waals surface area contributed by atoms with E-state index in [0.717, 1.165) is 0 Å². The highest BCUT2D eigenvalue weighted by Gasteiger charge is 2.54. The van der Waals surface area contributed by atoms with Crippen LogP contribution < -0.4 is 0 Å². The molecule has 9 heteroatoms. The van der Waals surface area contributed by atoms with E-state index in [1.54, 1.807) is 0 Å². The summed E-state index contributed by atoms with van der Waals surface area (Å²) in [7, 11) is -11.0. The van der Waals surface area contributed by atoms with Crippen LogP contribution in [0.5, 0.6) is 0 Å². The Morgan fingerprint density at radius 1 is 1.18 bits per heavy atom. The molecular formula is C2H4F2O5S2. The highest BCUT2D eigenvalue weighted by Crippen LogP contribution is 2.26. The fourth-order valence-electron chi connectivity index (χ4n) is 0.191. The van der Waals surface area contributed by atoms with Gasteiger partial charge >= 0.3 is 14.7 Å². The van der Waals surface area contributed by atoms with Crippen molar-refractivity contribution in [2.45, 2.75) is 4.59 Å². The van der Waals surface area contributed by atoms with E-state index in [0.29, 0.717) is 0 Å². The number of alkyl halides is 2. The van der Waals surface area contributed by atoms with Crippen LogP contribution in [0.3, 0.4) is 0 Å². The van der Waals surface area contributed by atoms with Gasteiger partial charge in [0.05, 0.1) is 0 Å². The Bertz CT molecular complexity index is 303. The van der Waals surface area contributed by atoms with Gasteiger partial charge < -0.3 is 0 Å². The summed E-state index contributed by atoms with van der Waals surface area (Å²) < 4.78 is 66.1. The first-order valence-electron chi connectivity index (χ1n) is 2.04. The van der Waals surface area contributed by atoms with Gasteiger partial charge in [0.15, 0.2) is 0 Å². The van der Waals surface area contributed by atoms with Gasteiger partial charge in [0.25, 0.3) is 0 Å². The third kappa shape index (κ3) is 1.84. The van der Waals surface area contributed by atoms with E-state index in [1.807, 2.05) is 0 Å². The Morgan fingerprint density at radius 3 is 1.45 bits per heavy atom. The van der Waals surface area contributed by atoms with Crippen molar-refractivity contribution in [3.05, 3.63) is 0 Å². The molecule has 5 nitrogen and oxygen atoms in total. The number of halogens is 2. The monoisotopic (exact) mass is 210 g/mol. The third-order valence-electron chi connectivity index (χ3n) is 0.732. The number of hydrogen-bond donors (Lipinski definition) is 1. The van der Waals surface area contributed by atoms with E-state index < -0.39 is 24.5 Å². The minimum Gasteiger partial charge on any atom is -0.280 e. The van der Waals surface area contributed by atoms with Crippen LogP contribution >= 0.6 is 0 Å². The zero-order chi connectivity index (χ0) is 9.50. The minimum atomic E-state index is -5.88. The molecule has 0 aliphatic carbocycles. The lowest BCUT2D eigenvalue weighted by molar-refractivity contribution is 0.167. The van der Waals surface area contributed by atoms with Gasteiger partial charge in [-0.15, -0.1) is 0 Å². The van der Waals surface area contributed by atoms with Gasteiger partial charge in [0.1, 0.15) is 0 Å². The second kappa shape index (κ2) is 2.35. The molecule has 11 heavy (non-hydrogen) atoms. The van der Waals surface area contributed by atoms with Crippen molar-refractivity contribution in [1.29, 1.82) is 0 Å². The summed E-state index contributed by atoms with van der Waals surface area (Å²) in [5, 5.41) is 0. The Kier molecular flexibility index (Phi) is 2.29. The minimum absolute atomic E-state index is 0.000764. The van der Waals surface area contributed by atoms with Gasteiger partial charge in [-0.1, -0.05) is 0 Å². The predicted molar refractivity (Wildman–Crippen MR) is 31.3 cm³/mol. The molecule has 0 rings (SSSR count). The van der Waals surface area contributed by atoms with Gasteiger partial charge in [0.2, 0.25) is 9.84 Å². The van der Waals surface area contributed by atoms with Crippen LogP contribution in [-0.4, -0.2) is 32.2 Å². The van der Waals surface area contributed by atoms with E-state index in [-0.39, 0.29) is 6.26 Å². The normalized spacial score (nSPS) is 14.9. The van der Waals surface area contributed by atoms with Gasteiger partial charge in [-0.2, -0.15) is 17.2 Å². The zero-order valence-corrected chi connectivity index (χ0v) is 6.79. The van der Waals surface area contributed by atoms with Gasteiger partial charge in [-0.05, 0) is 0 Å². The lowest BCUT2D eigenvalue weighted by Gasteiger charge is -2.08. The second-order valence-corrected chi connectivity index (χ2v) is 5.49. The number of rotatable bonds is 2. The molecule has 0 aliphatic rings. The van der Waals surface area contributed by atoms with Crippen molar-refractivity contribution in [2.24, 2.45) is 0 Å². The maximum Gasteiger partial charge on any atom is 0.470 e. The molecule has 0 unspecified atom stereocenters. The molecule has 0 amide bonds. The van der Waals surface area contributed by atoms with Crippen molar-refractivity contribution < 1.29 is 30.2 Å². The SMILES string of the molecule is CS(=O)(=O)C(F)(F)S(=O)(=O)O. The molecule has 0 radical (unpaired) electrons. The first kappa shape index (κ1) is 10.7. The molecule has 0 aromatic rings. The second-order valence-electron chi connectivity index (χ2n) is 1.71. The molecule has 1 N–H and O–H groups in total. The molecule has 0 aliphatic heterocycles. The van der Waals surface area contributed by atoms with E-state index in [2.05, 4.69) is 0 Å². The number of sulfone groups is 1. The summed E-state index contributed by atoms with van der Waals surface area (Å²) in [6, 6.07) is 0. The van der Waals surface area contributed by atoms with Crippen LogP contribution in [0.25, 0.3) is 0 Å². The molecule has 0 atom stereocenters.